The van der Waals surface area contributed by atoms with E-state index in [9.17, 15) is 13.5 Å². The van der Waals surface area contributed by atoms with E-state index in [2.05, 4.69) is 5.32 Å². The van der Waals surface area contributed by atoms with Crippen LogP contribution in [0.4, 0.5) is 5.69 Å². The molecule has 0 radical (unpaired) electrons. The number of anilines is 1. The maximum Gasteiger partial charge on any atom is 0.238 e. The first kappa shape index (κ1) is 15.3. The number of nitrogens with two attached hydrogens (primary N) is 1. The second-order valence-corrected chi connectivity index (χ2v) is 6.55. The van der Waals surface area contributed by atoms with Crippen molar-refractivity contribution in [1.82, 2.24) is 0 Å². The first-order chi connectivity index (χ1) is 9.84. The molecule has 21 heavy (non-hydrogen) atoms. The van der Waals surface area contributed by atoms with Gasteiger partial charge in [0.05, 0.1) is 4.90 Å². The van der Waals surface area contributed by atoms with Crippen molar-refractivity contribution in [2.45, 2.75) is 24.3 Å². The maximum atomic E-state index is 11.3. The molecular formula is C15H18N2O3S. The fraction of sp³-hybridized carbons (Fsp3) is 0.200. The van der Waals surface area contributed by atoms with Crippen molar-refractivity contribution in [1.29, 1.82) is 0 Å². The van der Waals surface area contributed by atoms with Gasteiger partial charge >= 0.3 is 0 Å². The zero-order chi connectivity index (χ0) is 15.5. The number of aromatic hydroxyl groups is 1. The van der Waals surface area contributed by atoms with Gasteiger partial charge in [0.2, 0.25) is 10.0 Å². The van der Waals surface area contributed by atoms with Gasteiger partial charge < -0.3 is 10.4 Å². The Hall–Kier alpha value is -2.05. The van der Waals surface area contributed by atoms with Crippen LogP contribution in [0.5, 0.6) is 5.75 Å². The summed E-state index contributed by atoms with van der Waals surface area (Å²) in [7, 11) is -3.69. The summed E-state index contributed by atoms with van der Waals surface area (Å²) in [6.45, 7) is 2.00. The zero-order valence-electron chi connectivity index (χ0n) is 11.7. The molecule has 0 aliphatic heterocycles. The number of hydrogen-bond donors (Lipinski definition) is 3. The van der Waals surface area contributed by atoms with E-state index in [1.165, 1.54) is 12.1 Å². The molecule has 0 aromatic heterocycles. The van der Waals surface area contributed by atoms with Crippen molar-refractivity contribution in [2.75, 3.05) is 5.32 Å². The van der Waals surface area contributed by atoms with E-state index in [1.54, 1.807) is 24.3 Å². The SMILES string of the molecule is CC(Cc1ccc(O)cc1)Nc1cccc(S(N)(=O)=O)c1. The molecule has 0 fully saturated rings. The lowest BCUT2D eigenvalue weighted by molar-refractivity contribution is 0.475. The lowest BCUT2D eigenvalue weighted by Crippen LogP contribution is -2.19. The molecule has 5 nitrogen and oxygen atoms in total. The summed E-state index contributed by atoms with van der Waals surface area (Å²) in [5, 5.41) is 17.6. The van der Waals surface area contributed by atoms with Crippen molar-refractivity contribution < 1.29 is 13.5 Å². The Morgan fingerprint density at radius 1 is 1.19 bits per heavy atom. The molecule has 0 heterocycles. The van der Waals surface area contributed by atoms with Crippen LogP contribution < -0.4 is 10.5 Å². The third-order valence-corrected chi connectivity index (χ3v) is 3.96. The van der Waals surface area contributed by atoms with Crippen molar-refractivity contribution in [2.24, 2.45) is 5.14 Å². The quantitative estimate of drug-likeness (QED) is 0.788. The molecule has 0 spiro atoms. The summed E-state index contributed by atoms with van der Waals surface area (Å²) in [4.78, 5) is 0.0873. The number of phenolic OH excluding ortho intramolecular Hbond substituents is 1. The Morgan fingerprint density at radius 3 is 2.48 bits per heavy atom. The first-order valence-corrected chi connectivity index (χ1v) is 8.06. The lowest BCUT2D eigenvalue weighted by Gasteiger charge is -2.16. The Bertz CT molecular complexity index is 712. The van der Waals surface area contributed by atoms with Gasteiger partial charge in [0, 0.05) is 11.7 Å². The largest absolute Gasteiger partial charge is 0.508 e. The van der Waals surface area contributed by atoms with Crippen LogP contribution in [-0.2, 0) is 16.4 Å². The molecule has 2 aromatic carbocycles. The topological polar surface area (TPSA) is 92.4 Å². The van der Waals surface area contributed by atoms with Crippen LogP contribution in [0.2, 0.25) is 0 Å². The van der Waals surface area contributed by atoms with Gasteiger partial charge in [0.1, 0.15) is 5.75 Å². The minimum Gasteiger partial charge on any atom is -0.508 e. The molecule has 0 amide bonds. The highest BCUT2D eigenvalue weighted by Crippen LogP contribution is 2.17. The number of phenols is 1. The molecule has 2 rings (SSSR count). The number of nitrogens with one attached hydrogen (secondary N) is 1. The van der Waals surface area contributed by atoms with E-state index in [0.717, 1.165) is 12.0 Å². The van der Waals surface area contributed by atoms with Crippen LogP contribution in [-0.4, -0.2) is 19.6 Å². The van der Waals surface area contributed by atoms with E-state index in [1.807, 2.05) is 19.1 Å². The van der Waals surface area contributed by atoms with Crippen LogP contribution in [0, 0.1) is 0 Å². The van der Waals surface area contributed by atoms with E-state index < -0.39 is 10.0 Å². The van der Waals surface area contributed by atoms with Gasteiger partial charge in [-0.2, -0.15) is 0 Å². The highest BCUT2D eigenvalue weighted by molar-refractivity contribution is 7.89. The smallest absolute Gasteiger partial charge is 0.238 e. The van der Waals surface area contributed by atoms with Crippen molar-refractivity contribution in [3.63, 3.8) is 0 Å². The fourth-order valence-corrected chi connectivity index (χ4v) is 2.64. The molecule has 4 N–H and O–H groups in total. The molecule has 2 aromatic rings. The van der Waals surface area contributed by atoms with Crippen molar-refractivity contribution >= 4 is 15.7 Å². The second kappa shape index (κ2) is 6.15. The van der Waals surface area contributed by atoms with Crippen LogP contribution in [0.15, 0.2) is 53.4 Å². The predicted molar refractivity (Wildman–Crippen MR) is 82.7 cm³/mol. The van der Waals surface area contributed by atoms with Gasteiger partial charge in [-0.3, -0.25) is 0 Å². The molecule has 0 saturated carbocycles. The van der Waals surface area contributed by atoms with Gasteiger partial charge in [0.15, 0.2) is 0 Å². The molecule has 6 heteroatoms. The molecule has 0 aliphatic rings. The lowest BCUT2D eigenvalue weighted by atomic mass is 10.1. The molecule has 112 valence electrons. The molecular weight excluding hydrogens is 288 g/mol. The maximum absolute atomic E-state index is 11.3. The van der Waals surface area contributed by atoms with Crippen LogP contribution >= 0.6 is 0 Å². The van der Waals surface area contributed by atoms with Gasteiger partial charge in [-0.15, -0.1) is 0 Å². The monoisotopic (exact) mass is 306 g/mol. The number of rotatable bonds is 5. The van der Waals surface area contributed by atoms with E-state index >= 15 is 0 Å². The highest BCUT2D eigenvalue weighted by atomic mass is 32.2. The third kappa shape index (κ3) is 4.47. The van der Waals surface area contributed by atoms with E-state index in [-0.39, 0.29) is 16.7 Å². The Morgan fingerprint density at radius 2 is 1.86 bits per heavy atom. The summed E-state index contributed by atoms with van der Waals surface area (Å²) in [6.07, 6.45) is 0.750. The third-order valence-electron chi connectivity index (χ3n) is 3.05. The van der Waals surface area contributed by atoms with Crippen LogP contribution in [0.3, 0.4) is 0 Å². The average molecular weight is 306 g/mol. The minimum atomic E-state index is -3.69. The predicted octanol–water partition coefficient (Wildman–Crippen LogP) is 2.08. The van der Waals surface area contributed by atoms with Crippen molar-refractivity contribution in [3.8, 4) is 5.75 Å². The molecule has 0 bridgehead atoms. The van der Waals surface area contributed by atoms with Gasteiger partial charge in [-0.25, -0.2) is 13.6 Å². The summed E-state index contributed by atoms with van der Waals surface area (Å²) in [6, 6.07) is 13.5. The summed E-state index contributed by atoms with van der Waals surface area (Å²) in [5.74, 6) is 0.236. The summed E-state index contributed by atoms with van der Waals surface area (Å²) in [5.41, 5.74) is 1.78. The van der Waals surface area contributed by atoms with Crippen molar-refractivity contribution in [3.05, 3.63) is 54.1 Å². The molecule has 0 saturated heterocycles. The normalized spacial score (nSPS) is 12.9. The minimum absolute atomic E-state index is 0.0873. The van der Waals surface area contributed by atoms with E-state index in [0.29, 0.717) is 5.69 Å². The fourth-order valence-electron chi connectivity index (χ4n) is 2.08. The standard InChI is InChI=1S/C15H18N2O3S/c1-11(9-12-5-7-14(18)8-6-12)17-13-3-2-4-15(10-13)21(16,19)20/h2-8,10-11,17-18H,9H2,1H3,(H2,16,19,20). The Kier molecular flexibility index (Phi) is 4.50. The zero-order valence-corrected chi connectivity index (χ0v) is 12.5. The number of primary sulfonamides is 1. The van der Waals surface area contributed by atoms with Crippen LogP contribution in [0.25, 0.3) is 0 Å². The Labute approximate surface area is 124 Å². The second-order valence-electron chi connectivity index (χ2n) is 4.99. The highest BCUT2D eigenvalue weighted by Gasteiger charge is 2.09. The molecule has 1 unspecified atom stereocenters. The Balaban J connectivity index is 2.06. The van der Waals surface area contributed by atoms with Gasteiger partial charge in [-0.05, 0) is 49.2 Å². The number of benzene rings is 2. The summed E-state index contributed by atoms with van der Waals surface area (Å²) >= 11 is 0. The van der Waals surface area contributed by atoms with Gasteiger partial charge in [0.25, 0.3) is 0 Å². The number of sulfonamides is 1. The molecule has 0 aliphatic carbocycles. The van der Waals surface area contributed by atoms with Crippen LogP contribution in [0.1, 0.15) is 12.5 Å². The van der Waals surface area contributed by atoms with E-state index in [4.69, 9.17) is 5.14 Å². The first-order valence-electron chi connectivity index (χ1n) is 6.52. The average Bonchev–Trinajstić information content (AvgIpc) is 2.41. The molecule has 1 atom stereocenters. The summed E-state index contributed by atoms with van der Waals surface area (Å²) < 4.78 is 22.6. The number of hydrogen-bond acceptors (Lipinski definition) is 4. The van der Waals surface area contributed by atoms with Gasteiger partial charge in [-0.1, -0.05) is 18.2 Å².